The molecule has 39 heavy (non-hydrogen) atoms. The van der Waals surface area contributed by atoms with E-state index in [-0.39, 0.29) is 12.0 Å². The Hall–Kier alpha value is -3.76. The molecule has 2 aliphatic heterocycles. The van der Waals surface area contributed by atoms with Gasteiger partial charge >= 0.3 is 209 Å². The molecule has 1 atom stereocenters. The Morgan fingerprint density at radius 1 is 1.10 bits per heavy atom. The molecule has 5 heterocycles. The van der Waals surface area contributed by atoms with E-state index in [9.17, 15) is 4.79 Å². The van der Waals surface area contributed by atoms with Crippen molar-refractivity contribution in [2.75, 3.05) is 51.8 Å². The van der Waals surface area contributed by atoms with Gasteiger partial charge in [-0.1, -0.05) is 13.8 Å². The molecular formula is C29H35BN6O3. The van der Waals surface area contributed by atoms with Crippen LogP contribution in [0.25, 0.3) is 22.3 Å². The van der Waals surface area contributed by atoms with Crippen molar-refractivity contribution >= 4 is 35.1 Å². The van der Waals surface area contributed by atoms with Gasteiger partial charge in [-0.25, -0.2) is 0 Å². The van der Waals surface area contributed by atoms with Gasteiger partial charge in [0.15, 0.2) is 0 Å². The number of piperazine rings is 1. The molecule has 0 aliphatic carbocycles. The zero-order chi connectivity index (χ0) is 27.2. The molecule has 0 saturated carbocycles. The van der Waals surface area contributed by atoms with Gasteiger partial charge in [-0.15, -0.1) is 0 Å². The van der Waals surface area contributed by atoms with Crippen LogP contribution in [0.15, 0.2) is 54.6 Å². The van der Waals surface area contributed by atoms with Crippen molar-refractivity contribution in [2.24, 2.45) is 0 Å². The Kier molecular flexibility index (Phi) is 8.53. The molecule has 2 fully saturated rings. The van der Waals surface area contributed by atoms with Crippen molar-refractivity contribution in [2.45, 2.75) is 26.4 Å². The van der Waals surface area contributed by atoms with Crippen LogP contribution in [0, 0.1) is 0 Å². The summed E-state index contributed by atoms with van der Waals surface area (Å²) in [4.78, 5) is 29.7. The summed E-state index contributed by atoms with van der Waals surface area (Å²) in [6.07, 6.45) is 2.71. The van der Waals surface area contributed by atoms with E-state index in [1.165, 1.54) is 0 Å². The number of rotatable bonds is 6. The van der Waals surface area contributed by atoms with Gasteiger partial charge in [0.25, 0.3) is 0 Å². The Morgan fingerprint density at radius 3 is 2.74 bits per heavy atom. The number of ether oxygens (including phenoxy) is 2. The number of aromatic nitrogens is 3. The monoisotopic (exact) mass is 526 g/mol. The molecule has 3 aromatic heterocycles. The summed E-state index contributed by atoms with van der Waals surface area (Å²) in [5.74, 6) is 2.76. The first kappa shape index (κ1) is 26.8. The van der Waals surface area contributed by atoms with Gasteiger partial charge in [-0.2, -0.15) is 0 Å². The van der Waals surface area contributed by atoms with Crippen LogP contribution in [0.2, 0.25) is 0 Å². The normalized spacial score (nSPS) is 17.4. The molecule has 0 spiro atoms. The van der Waals surface area contributed by atoms with E-state index < -0.39 is 0 Å². The van der Waals surface area contributed by atoms with E-state index in [0.717, 1.165) is 72.9 Å². The molecule has 202 valence electrons. The number of anilines is 2. The zero-order valence-corrected chi connectivity index (χ0v) is 22.8. The topological polar surface area (TPSA) is 95.6 Å². The third kappa shape index (κ3) is 6.46. The fourth-order valence-corrected chi connectivity index (χ4v) is 4.72. The van der Waals surface area contributed by atoms with Crippen molar-refractivity contribution < 1.29 is 14.3 Å². The average molecular weight is 526 g/mol. The number of nitrogens with zero attached hydrogens (tertiary/aromatic N) is 4. The first-order valence-corrected chi connectivity index (χ1v) is 13.7. The number of carbonyl (C=O) groups excluding carboxylic acids is 1. The summed E-state index contributed by atoms with van der Waals surface area (Å²) in [7, 11) is 2.08. The second kappa shape index (κ2) is 12.4. The Labute approximate surface area is 229 Å². The fraction of sp³-hybridized carbons (Fsp3) is 0.379. The van der Waals surface area contributed by atoms with Crippen molar-refractivity contribution in [1.29, 1.82) is 0 Å². The van der Waals surface area contributed by atoms with E-state index in [4.69, 9.17) is 14.5 Å². The second-order valence-corrected chi connectivity index (χ2v) is 9.59. The minimum atomic E-state index is 0.0485. The molecule has 1 unspecified atom stereocenters. The van der Waals surface area contributed by atoms with Gasteiger partial charge in [0.1, 0.15) is 0 Å². The summed E-state index contributed by atoms with van der Waals surface area (Å²) in [6, 6.07) is 13.6. The Bertz CT molecular complexity index is 1410. The zero-order valence-electron chi connectivity index (χ0n) is 22.8. The number of nitrogens with one attached hydrogen (secondary N) is 2. The Balaban J connectivity index is 0.00000151. The van der Waals surface area contributed by atoms with Crippen molar-refractivity contribution in [3.63, 3.8) is 0 Å². The number of carbonyl (C=O) groups is 1. The van der Waals surface area contributed by atoms with Gasteiger partial charge in [0, 0.05) is 0 Å². The molecule has 0 bridgehead atoms. The third-order valence-electron chi connectivity index (χ3n) is 6.85. The average Bonchev–Trinajstić information content (AvgIpc) is 3.64. The van der Waals surface area contributed by atoms with E-state index in [1.54, 1.807) is 6.20 Å². The maximum absolute atomic E-state index is 13.0. The first-order chi connectivity index (χ1) is 19.1. The van der Waals surface area contributed by atoms with Gasteiger partial charge in [0.2, 0.25) is 0 Å². The number of likely N-dealkylation sites (N-methyl/N-ethyl adjacent to an activating group) is 1. The molecule has 2 aliphatic rings. The van der Waals surface area contributed by atoms with Crippen LogP contribution >= 0.6 is 0 Å². The van der Waals surface area contributed by atoms with Gasteiger partial charge in [-0.05, 0) is 7.05 Å². The number of fused-ring (bicyclic) bond motifs is 1. The van der Waals surface area contributed by atoms with Crippen LogP contribution in [0.1, 0.15) is 30.8 Å². The molecule has 6 rings (SSSR count). The fourth-order valence-electron chi connectivity index (χ4n) is 4.72. The summed E-state index contributed by atoms with van der Waals surface area (Å²) in [5.41, 5.74) is 4.64. The van der Waals surface area contributed by atoms with E-state index in [0.29, 0.717) is 18.0 Å². The van der Waals surface area contributed by atoms with Crippen molar-refractivity contribution in [1.82, 2.24) is 24.8 Å². The van der Waals surface area contributed by atoms with E-state index >= 15 is 0 Å². The predicted molar refractivity (Wildman–Crippen MR) is 155 cm³/mol. The Morgan fingerprint density at radius 2 is 1.95 bits per heavy atom. The van der Waals surface area contributed by atoms with Crippen molar-refractivity contribution in [3.05, 3.63) is 60.3 Å². The van der Waals surface area contributed by atoms with E-state index in [1.807, 2.05) is 74.1 Å². The molecule has 0 radical (unpaired) electrons. The van der Waals surface area contributed by atoms with Crippen LogP contribution in [-0.2, 0) is 4.74 Å². The van der Waals surface area contributed by atoms with Crippen molar-refractivity contribution in [3.8, 4) is 17.1 Å². The molecule has 2 N–H and O–H groups in total. The van der Waals surface area contributed by atoms with Crippen LogP contribution in [0.5, 0.6) is 5.75 Å². The van der Waals surface area contributed by atoms with Gasteiger partial charge in [-0.3, -0.25) is 0 Å². The molecule has 1 amide bonds. The summed E-state index contributed by atoms with van der Waals surface area (Å²) >= 11 is 0. The third-order valence-corrected chi connectivity index (χ3v) is 6.85. The van der Waals surface area contributed by atoms with Gasteiger partial charge in [0.05, 0.1) is 0 Å². The van der Waals surface area contributed by atoms with Crippen LogP contribution in [0.4, 0.5) is 11.4 Å². The summed E-state index contributed by atoms with van der Waals surface area (Å²) < 4.78 is 11.4. The molecule has 2 saturated heterocycles. The number of H-pyrrole nitrogens is 1. The number of pyridine rings is 1. The number of aromatic amines is 1. The number of amides is 1. The van der Waals surface area contributed by atoms with Crippen LogP contribution in [-0.4, -0.2) is 90.1 Å². The molecule has 1 aromatic carbocycles. The SMILES string of the molecule is CC.CN1CCN(C(=O)c2cc3cc(Nc4bccc(-c5cc(OC6CCOC6)ccn5)n4)ccc3[nH]2)CC1. The summed E-state index contributed by atoms with van der Waals surface area (Å²) in [6.45, 7) is 10.6. The molecule has 10 heteroatoms. The maximum atomic E-state index is 13.0. The molecule has 4 aromatic rings. The summed E-state index contributed by atoms with van der Waals surface area (Å²) in [5, 5.41) is 4.36. The molecule has 9 nitrogen and oxygen atoms in total. The first-order valence-electron chi connectivity index (χ1n) is 13.7. The van der Waals surface area contributed by atoms with Crippen LogP contribution in [0.3, 0.4) is 0 Å². The second-order valence-electron chi connectivity index (χ2n) is 9.59. The minimum absolute atomic E-state index is 0.0485. The van der Waals surface area contributed by atoms with Crippen LogP contribution < -0.4 is 10.1 Å². The van der Waals surface area contributed by atoms with Gasteiger partial charge < -0.3 is 0 Å². The quantitative estimate of drug-likeness (QED) is 0.387. The van der Waals surface area contributed by atoms with E-state index in [2.05, 4.69) is 27.2 Å². The molecular weight excluding hydrogens is 491 g/mol. The number of hydrogen-bond donors (Lipinski definition) is 2. The number of hydrogen-bond acceptors (Lipinski definition) is 7. The predicted octanol–water partition coefficient (Wildman–Crippen LogP) is 4.29. The number of benzene rings is 1. The standard InChI is InChI=1S/C27H29BN6O3.C2H6/c1-33-9-11-34(12-10-33)26(35)25-15-18-14-19(2-3-22(18)31-25)30-27-28-7-4-23(32-27)24-16-20(5-8-29-24)37-21-6-13-36-17-21;1-2/h2-5,7-8,14-16,21,31H,6,9-13,17H2,1H3,(H,30,32);1-2H3.